The van der Waals surface area contributed by atoms with Gasteiger partial charge in [0, 0.05) is 24.0 Å². The first-order chi connectivity index (χ1) is 20.7. The van der Waals surface area contributed by atoms with E-state index in [0.29, 0.717) is 5.82 Å². The molecule has 1 heterocycles. The first-order valence-corrected chi connectivity index (χ1v) is 17.9. The van der Waals surface area contributed by atoms with Gasteiger partial charge in [0.2, 0.25) is 0 Å². The zero-order chi connectivity index (χ0) is 31.4. The second kappa shape index (κ2) is 11.7. The highest BCUT2D eigenvalue weighted by Crippen LogP contribution is 2.57. The number of halogens is 2. The molecule has 0 unspecified atom stereocenters. The first kappa shape index (κ1) is 31.5. The quantitative estimate of drug-likeness (QED) is 0.164. The fourth-order valence-electron chi connectivity index (χ4n) is 5.84. The lowest BCUT2D eigenvalue weighted by Crippen LogP contribution is -2.28. The van der Waals surface area contributed by atoms with Gasteiger partial charge in [-0.25, -0.2) is 9.97 Å². The standard InChI is InChI=1S/C37H35Br2N3S2/c1-22-8-12-24(13-9-22)37(30-20-26(38)16-18-28(30)29-19-17-27(39)21-31(29)37)25-14-10-23(11-15-25)32-40-33(43-35(2,3)4)42-34(41-32)44-36(5,6)7/h8-21H,1-7H3. The van der Waals surface area contributed by atoms with Crippen LogP contribution in [-0.2, 0) is 5.41 Å². The fraction of sp³-hybridized carbons (Fsp3) is 0.270. The number of nitrogens with zero attached hydrogens (tertiary/aromatic N) is 3. The predicted octanol–water partition coefficient (Wildman–Crippen LogP) is 11.5. The highest BCUT2D eigenvalue weighted by atomic mass is 79.9. The van der Waals surface area contributed by atoms with Crippen LogP contribution in [0.2, 0.25) is 0 Å². The van der Waals surface area contributed by atoms with Gasteiger partial charge in [-0.15, -0.1) is 0 Å². The van der Waals surface area contributed by atoms with Gasteiger partial charge in [0.1, 0.15) is 0 Å². The van der Waals surface area contributed by atoms with Gasteiger partial charge in [0.25, 0.3) is 0 Å². The van der Waals surface area contributed by atoms with E-state index in [1.54, 1.807) is 23.5 Å². The Kier molecular flexibility index (Phi) is 8.40. The lowest BCUT2D eigenvalue weighted by molar-refractivity contribution is 0.751. The van der Waals surface area contributed by atoms with E-state index in [2.05, 4.69) is 165 Å². The highest BCUT2D eigenvalue weighted by Gasteiger charge is 2.46. The lowest BCUT2D eigenvalue weighted by atomic mass is 9.67. The second-order valence-electron chi connectivity index (χ2n) is 13.2. The van der Waals surface area contributed by atoms with Crippen LogP contribution in [0, 0.1) is 6.92 Å². The molecule has 44 heavy (non-hydrogen) atoms. The summed E-state index contributed by atoms with van der Waals surface area (Å²) in [5.74, 6) is 0.701. The molecule has 0 saturated carbocycles. The van der Waals surface area contributed by atoms with Crippen molar-refractivity contribution >= 4 is 55.4 Å². The normalized spacial score (nSPS) is 13.9. The van der Waals surface area contributed by atoms with Crippen LogP contribution in [0.3, 0.4) is 0 Å². The third kappa shape index (κ3) is 6.18. The summed E-state index contributed by atoms with van der Waals surface area (Å²) in [6, 6.07) is 31.2. The minimum absolute atomic E-state index is 0.0155. The van der Waals surface area contributed by atoms with Crippen LogP contribution >= 0.6 is 55.4 Å². The van der Waals surface area contributed by atoms with E-state index in [1.165, 1.54) is 38.9 Å². The molecule has 5 aromatic rings. The molecule has 6 rings (SSSR count). The Bertz CT molecular complexity index is 1770. The molecule has 224 valence electrons. The van der Waals surface area contributed by atoms with E-state index in [0.717, 1.165) is 24.8 Å². The number of fused-ring (bicyclic) bond motifs is 3. The molecule has 0 amide bonds. The SMILES string of the molecule is Cc1ccc(C2(c3ccc(-c4nc(SC(C)(C)C)nc(SC(C)(C)C)n4)cc3)c3cc(Br)ccc3-c3ccc(Br)cc32)cc1. The minimum atomic E-state index is -0.496. The smallest absolute Gasteiger partial charge is 0.192 e. The van der Waals surface area contributed by atoms with Crippen LogP contribution in [0.1, 0.15) is 69.4 Å². The number of hydrogen-bond acceptors (Lipinski definition) is 5. The van der Waals surface area contributed by atoms with Gasteiger partial charge < -0.3 is 0 Å². The van der Waals surface area contributed by atoms with Crippen LogP contribution in [0.25, 0.3) is 22.5 Å². The van der Waals surface area contributed by atoms with E-state index >= 15 is 0 Å². The average Bonchev–Trinajstić information content (AvgIpc) is 3.21. The molecule has 0 bridgehead atoms. The zero-order valence-corrected chi connectivity index (χ0v) is 30.8. The van der Waals surface area contributed by atoms with Crippen molar-refractivity contribution in [2.45, 2.75) is 73.7 Å². The summed E-state index contributed by atoms with van der Waals surface area (Å²) in [6.07, 6.45) is 0. The minimum Gasteiger partial charge on any atom is -0.202 e. The number of aromatic nitrogens is 3. The molecule has 4 aromatic carbocycles. The number of thioether (sulfide) groups is 2. The number of rotatable bonds is 5. The molecule has 7 heteroatoms. The summed E-state index contributed by atoms with van der Waals surface area (Å²) in [6.45, 7) is 15.3. The van der Waals surface area contributed by atoms with E-state index < -0.39 is 5.41 Å². The molecule has 3 nitrogen and oxygen atoms in total. The summed E-state index contributed by atoms with van der Waals surface area (Å²) < 4.78 is 2.10. The first-order valence-electron chi connectivity index (χ1n) is 14.7. The molecule has 0 atom stereocenters. The third-order valence-corrected chi connectivity index (χ3v) is 10.5. The fourth-order valence-corrected chi connectivity index (χ4v) is 8.24. The molecule has 0 aliphatic heterocycles. The third-order valence-electron chi connectivity index (χ3n) is 7.51. The Morgan fingerprint density at radius 1 is 0.568 bits per heavy atom. The van der Waals surface area contributed by atoms with Crippen molar-refractivity contribution in [3.8, 4) is 22.5 Å². The molecule has 1 aliphatic carbocycles. The number of aryl methyl sites for hydroxylation is 1. The van der Waals surface area contributed by atoms with Gasteiger partial charge in [-0.3, -0.25) is 0 Å². The Labute approximate surface area is 286 Å². The van der Waals surface area contributed by atoms with Crippen molar-refractivity contribution in [2.75, 3.05) is 0 Å². The summed E-state index contributed by atoms with van der Waals surface area (Å²) in [4.78, 5) is 14.7. The predicted molar refractivity (Wildman–Crippen MR) is 194 cm³/mol. The van der Waals surface area contributed by atoms with E-state index in [-0.39, 0.29) is 9.49 Å². The zero-order valence-electron chi connectivity index (χ0n) is 26.0. The molecular formula is C37H35Br2N3S2. The Balaban J connectivity index is 1.55. The summed E-state index contributed by atoms with van der Waals surface area (Å²) in [5.41, 5.74) is 9.20. The van der Waals surface area contributed by atoms with Crippen LogP contribution < -0.4 is 0 Å². The van der Waals surface area contributed by atoms with Crippen molar-refractivity contribution in [2.24, 2.45) is 0 Å². The van der Waals surface area contributed by atoms with Crippen molar-refractivity contribution in [1.82, 2.24) is 15.0 Å². The van der Waals surface area contributed by atoms with Gasteiger partial charge in [-0.1, -0.05) is 163 Å². The maximum atomic E-state index is 4.94. The molecule has 0 radical (unpaired) electrons. The number of benzene rings is 4. The van der Waals surface area contributed by atoms with Gasteiger partial charge in [0.05, 0.1) is 5.41 Å². The summed E-state index contributed by atoms with van der Waals surface area (Å²) in [5, 5.41) is 1.51. The highest BCUT2D eigenvalue weighted by molar-refractivity contribution is 9.10. The van der Waals surface area contributed by atoms with Crippen molar-refractivity contribution < 1.29 is 0 Å². The van der Waals surface area contributed by atoms with Crippen LogP contribution in [-0.4, -0.2) is 24.4 Å². The van der Waals surface area contributed by atoms with Gasteiger partial charge in [-0.05, 0) is 64.6 Å². The van der Waals surface area contributed by atoms with Crippen LogP contribution in [0.4, 0.5) is 0 Å². The maximum Gasteiger partial charge on any atom is 0.192 e. The van der Waals surface area contributed by atoms with Crippen molar-refractivity contribution in [3.05, 3.63) is 122 Å². The largest absolute Gasteiger partial charge is 0.202 e. The van der Waals surface area contributed by atoms with Gasteiger partial charge in [-0.2, -0.15) is 4.98 Å². The molecule has 0 N–H and O–H groups in total. The average molecular weight is 746 g/mol. The van der Waals surface area contributed by atoms with E-state index in [4.69, 9.17) is 15.0 Å². The van der Waals surface area contributed by atoms with Gasteiger partial charge >= 0.3 is 0 Å². The molecular weight excluding hydrogens is 710 g/mol. The van der Waals surface area contributed by atoms with Gasteiger partial charge in [0.15, 0.2) is 16.1 Å². The number of hydrogen-bond donors (Lipinski definition) is 0. The van der Waals surface area contributed by atoms with Crippen molar-refractivity contribution in [3.63, 3.8) is 0 Å². The molecule has 0 saturated heterocycles. The van der Waals surface area contributed by atoms with E-state index in [9.17, 15) is 0 Å². The maximum absolute atomic E-state index is 4.94. The summed E-state index contributed by atoms with van der Waals surface area (Å²) in [7, 11) is 0. The van der Waals surface area contributed by atoms with E-state index in [1.807, 2.05) is 0 Å². The summed E-state index contributed by atoms with van der Waals surface area (Å²) >= 11 is 10.9. The lowest BCUT2D eigenvalue weighted by Gasteiger charge is -2.34. The molecule has 0 spiro atoms. The Hall–Kier alpha value is -2.45. The van der Waals surface area contributed by atoms with Crippen LogP contribution in [0.15, 0.2) is 104 Å². The topological polar surface area (TPSA) is 38.7 Å². The van der Waals surface area contributed by atoms with Crippen molar-refractivity contribution in [1.29, 1.82) is 0 Å². The molecule has 0 fully saturated rings. The second-order valence-corrected chi connectivity index (χ2v) is 18.6. The Morgan fingerprint density at radius 3 is 1.43 bits per heavy atom. The molecule has 1 aliphatic rings. The Morgan fingerprint density at radius 2 is 1.00 bits per heavy atom. The van der Waals surface area contributed by atoms with Crippen LogP contribution in [0.5, 0.6) is 0 Å². The monoisotopic (exact) mass is 743 g/mol. The molecule has 1 aromatic heterocycles.